The summed E-state index contributed by atoms with van der Waals surface area (Å²) >= 11 is 1.56. The molecule has 0 aliphatic heterocycles. The van der Waals surface area contributed by atoms with Crippen molar-refractivity contribution >= 4 is 22.2 Å². The van der Waals surface area contributed by atoms with E-state index in [1.54, 1.807) is 11.3 Å². The average Bonchev–Trinajstić information content (AvgIpc) is 2.74. The van der Waals surface area contributed by atoms with Crippen LogP contribution in [0.1, 0.15) is 42.6 Å². The molecule has 0 fully saturated rings. The number of imidazole rings is 1. The van der Waals surface area contributed by atoms with E-state index < -0.39 is 0 Å². The van der Waals surface area contributed by atoms with Crippen LogP contribution < -0.4 is 5.32 Å². The molecule has 0 saturated carbocycles. The van der Waals surface area contributed by atoms with Crippen LogP contribution >= 0.6 is 11.3 Å². The van der Waals surface area contributed by atoms with Crippen molar-refractivity contribution in [2.45, 2.75) is 34.6 Å². The van der Waals surface area contributed by atoms with Gasteiger partial charge in [-0.15, -0.1) is 11.3 Å². The lowest BCUT2D eigenvalue weighted by atomic mass is 9.97. The van der Waals surface area contributed by atoms with Crippen LogP contribution in [-0.4, -0.2) is 21.8 Å². The molecule has 1 N–H and O–H groups in total. The van der Waals surface area contributed by atoms with E-state index in [9.17, 15) is 4.79 Å². The molecule has 0 spiro atoms. The normalized spacial score (nSPS) is 12.1. The van der Waals surface area contributed by atoms with Gasteiger partial charge in [-0.05, 0) is 19.3 Å². The number of aryl methyl sites for hydroxylation is 2. The van der Waals surface area contributed by atoms with Crippen molar-refractivity contribution in [1.29, 1.82) is 0 Å². The van der Waals surface area contributed by atoms with Gasteiger partial charge in [0.1, 0.15) is 5.69 Å². The van der Waals surface area contributed by atoms with E-state index in [0.29, 0.717) is 12.2 Å². The van der Waals surface area contributed by atoms with Crippen molar-refractivity contribution in [2.75, 3.05) is 6.54 Å². The molecule has 2 aromatic rings. The van der Waals surface area contributed by atoms with Gasteiger partial charge in [0, 0.05) is 17.6 Å². The van der Waals surface area contributed by atoms with Crippen LogP contribution in [0, 0.1) is 19.3 Å². The molecule has 4 nitrogen and oxygen atoms in total. The molecule has 18 heavy (non-hydrogen) atoms. The van der Waals surface area contributed by atoms with E-state index >= 15 is 0 Å². The van der Waals surface area contributed by atoms with Gasteiger partial charge in [-0.1, -0.05) is 20.8 Å². The van der Waals surface area contributed by atoms with E-state index in [1.165, 1.54) is 0 Å². The molecular formula is C13H19N3OS. The lowest BCUT2D eigenvalue weighted by Gasteiger charge is -2.18. The van der Waals surface area contributed by atoms with Crippen LogP contribution in [0.2, 0.25) is 0 Å². The Labute approximate surface area is 111 Å². The maximum atomic E-state index is 12.3. The van der Waals surface area contributed by atoms with Crippen molar-refractivity contribution in [3.05, 3.63) is 22.5 Å². The summed E-state index contributed by atoms with van der Waals surface area (Å²) in [4.78, 5) is 17.6. The van der Waals surface area contributed by atoms with E-state index in [1.807, 2.05) is 23.6 Å². The summed E-state index contributed by atoms with van der Waals surface area (Å²) in [5.74, 6) is -0.0450. The molecule has 2 rings (SSSR count). The second-order valence-electron chi connectivity index (χ2n) is 5.78. The van der Waals surface area contributed by atoms with Crippen LogP contribution in [0.5, 0.6) is 0 Å². The lowest BCUT2D eigenvalue weighted by Crippen LogP contribution is -2.33. The van der Waals surface area contributed by atoms with Crippen molar-refractivity contribution in [3.63, 3.8) is 0 Å². The van der Waals surface area contributed by atoms with Gasteiger partial charge in [-0.2, -0.15) is 0 Å². The first-order valence-corrected chi connectivity index (χ1v) is 6.89. The number of thiazole rings is 1. The van der Waals surface area contributed by atoms with Crippen LogP contribution in [0.3, 0.4) is 0 Å². The molecule has 98 valence electrons. The average molecular weight is 265 g/mol. The van der Waals surface area contributed by atoms with Gasteiger partial charge in [-0.25, -0.2) is 4.98 Å². The number of fused-ring (bicyclic) bond motifs is 1. The van der Waals surface area contributed by atoms with Crippen LogP contribution in [-0.2, 0) is 0 Å². The minimum Gasteiger partial charge on any atom is -0.350 e. The zero-order valence-corrected chi connectivity index (χ0v) is 12.3. The minimum absolute atomic E-state index is 0.0450. The van der Waals surface area contributed by atoms with Crippen molar-refractivity contribution in [1.82, 2.24) is 14.7 Å². The van der Waals surface area contributed by atoms with Gasteiger partial charge in [-0.3, -0.25) is 9.20 Å². The Morgan fingerprint density at radius 2 is 2.11 bits per heavy atom. The van der Waals surface area contributed by atoms with Crippen LogP contribution in [0.25, 0.3) is 4.96 Å². The summed E-state index contributed by atoms with van der Waals surface area (Å²) in [6.45, 7) is 10.8. The van der Waals surface area contributed by atoms with Gasteiger partial charge in [0.15, 0.2) is 4.96 Å². The van der Waals surface area contributed by atoms with Crippen LogP contribution in [0.4, 0.5) is 0 Å². The maximum absolute atomic E-state index is 12.3. The molecule has 0 aromatic carbocycles. The topological polar surface area (TPSA) is 46.4 Å². The molecule has 1 amide bonds. The number of nitrogens with zero attached hydrogens (tertiary/aromatic N) is 2. The van der Waals surface area contributed by atoms with Crippen molar-refractivity contribution in [3.8, 4) is 0 Å². The fourth-order valence-electron chi connectivity index (χ4n) is 1.80. The van der Waals surface area contributed by atoms with Crippen LogP contribution in [0.15, 0.2) is 5.38 Å². The Bertz CT molecular complexity index is 589. The molecule has 2 heterocycles. The van der Waals surface area contributed by atoms with Gasteiger partial charge in [0.05, 0.1) is 5.69 Å². The largest absolute Gasteiger partial charge is 0.350 e. The Morgan fingerprint density at radius 3 is 2.72 bits per heavy atom. The molecule has 5 heteroatoms. The van der Waals surface area contributed by atoms with E-state index in [4.69, 9.17) is 0 Å². The van der Waals surface area contributed by atoms with E-state index in [0.717, 1.165) is 16.3 Å². The molecule has 0 bridgehead atoms. The number of amides is 1. The molecule has 0 unspecified atom stereocenters. The van der Waals surface area contributed by atoms with Crippen molar-refractivity contribution in [2.24, 2.45) is 5.41 Å². The number of hydrogen-bond donors (Lipinski definition) is 1. The number of carbonyl (C=O) groups is 1. The first kappa shape index (κ1) is 13.1. The smallest absolute Gasteiger partial charge is 0.270 e. The van der Waals surface area contributed by atoms with E-state index in [2.05, 4.69) is 31.1 Å². The fraction of sp³-hybridized carbons (Fsp3) is 0.538. The summed E-state index contributed by atoms with van der Waals surface area (Å²) in [7, 11) is 0. The highest BCUT2D eigenvalue weighted by Crippen LogP contribution is 2.20. The van der Waals surface area contributed by atoms with Gasteiger partial charge in [0.25, 0.3) is 5.91 Å². The summed E-state index contributed by atoms with van der Waals surface area (Å²) in [5, 5.41) is 5.00. The number of carbonyl (C=O) groups excluding carboxylic acids is 1. The lowest BCUT2D eigenvalue weighted by molar-refractivity contribution is 0.0932. The number of rotatable bonds is 2. The summed E-state index contributed by atoms with van der Waals surface area (Å²) < 4.78 is 1.93. The maximum Gasteiger partial charge on any atom is 0.270 e. The third-order valence-corrected chi connectivity index (χ3v) is 3.65. The monoisotopic (exact) mass is 265 g/mol. The zero-order valence-electron chi connectivity index (χ0n) is 11.5. The fourth-order valence-corrected chi connectivity index (χ4v) is 2.71. The van der Waals surface area contributed by atoms with E-state index in [-0.39, 0.29) is 11.3 Å². The highest BCUT2D eigenvalue weighted by molar-refractivity contribution is 7.15. The minimum atomic E-state index is -0.0450. The molecule has 0 atom stereocenters. The molecule has 0 saturated heterocycles. The number of hydrogen-bond acceptors (Lipinski definition) is 3. The highest BCUT2D eigenvalue weighted by atomic mass is 32.1. The quantitative estimate of drug-likeness (QED) is 0.907. The number of nitrogens with one attached hydrogen (secondary N) is 1. The SMILES string of the molecule is Cc1nc2scc(C)n2c1C(=O)NCC(C)(C)C. The third kappa shape index (κ3) is 2.41. The third-order valence-electron chi connectivity index (χ3n) is 2.70. The Morgan fingerprint density at radius 1 is 1.44 bits per heavy atom. The Kier molecular flexibility index (Phi) is 3.19. The first-order chi connectivity index (χ1) is 8.29. The number of aromatic nitrogens is 2. The zero-order chi connectivity index (χ0) is 13.5. The van der Waals surface area contributed by atoms with Gasteiger partial charge in [0.2, 0.25) is 0 Å². The molecule has 0 aliphatic carbocycles. The first-order valence-electron chi connectivity index (χ1n) is 6.01. The second-order valence-corrected chi connectivity index (χ2v) is 6.62. The predicted octanol–water partition coefficient (Wildman–Crippen LogP) is 2.79. The standard InChI is InChI=1S/C13H19N3OS/c1-8-6-18-12-15-9(2)10(16(8)12)11(17)14-7-13(3,4)5/h6H,7H2,1-5H3,(H,14,17). The molecule has 0 aliphatic rings. The summed E-state index contributed by atoms with van der Waals surface area (Å²) in [6.07, 6.45) is 0. The molecule has 2 aromatic heterocycles. The summed E-state index contributed by atoms with van der Waals surface area (Å²) in [6, 6.07) is 0. The Balaban J connectivity index is 2.32. The van der Waals surface area contributed by atoms with Gasteiger partial charge >= 0.3 is 0 Å². The molecular weight excluding hydrogens is 246 g/mol. The summed E-state index contributed by atoms with van der Waals surface area (Å²) in [5.41, 5.74) is 2.58. The van der Waals surface area contributed by atoms with Gasteiger partial charge < -0.3 is 5.32 Å². The predicted molar refractivity (Wildman–Crippen MR) is 74.3 cm³/mol. The van der Waals surface area contributed by atoms with Crippen molar-refractivity contribution < 1.29 is 4.79 Å². The second kappa shape index (κ2) is 4.39. The highest BCUT2D eigenvalue weighted by Gasteiger charge is 2.20. The molecule has 0 radical (unpaired) electrons. The Hall–Kier alpha value is -1.36.